The molecule has 1 saturated heterocycles. The van der Waals surface area contributed by atoms with Crippen molar-refractivity contribution in [3.05, 3.63) is 47.3 Å². The summed E-state index contributed by atoms with van der Waals surface area (Å²) >= 11 is 0. The summed E-state index contributed by atoms with van der Waals surface area (Å²) in [7, 11) is 0. The van der Waals surface area contributed by atoms with E-state index in [1.54, 1.807) is 10.9 Å². The van der Waals surface area contributed by atoms with Gasteiger partial charge in [-0.2, -0.15) is 0 Å². The van der Waals surface area contributed by atoms with E-state index in [2.05, 4.69) is 20.9 Å². The third-order valence-electron chi connectivity index (χ3n) is 3.88. The third-order valence-corrected chi connectivity index (χ3v) is 3.88. The smallest absolute Gasteiger partial charge is 0.273 e. The molecule has 2 aromatic rings. The number of amides is 1. The molecule has 1 aromatic carbocycles. The molecule has 1 atom stereocenters. The van der Waals surface area contributed by atoms with E-state index < -0.39 is 0 Å². The molecule has 3 rings (SSSR count). The minimum atomic E-state index is -0.190. The maximum atomic E-state index is 12.2. The number of hydrogen-bond donors (Lipinski definition) is 2. The maximum Gasteiger partial charge on any atom is 0.273 e. The zero-order valence-electron chi connectivity index (χ0n) is 12.2. The van der Waals surface area contributed by atoms with Crippen molar-refractivity contribution in [2.24, 2.45) is 0 Å². The second-order valence-corrected chi connectivity index (χ2v) is 5.45. The molecule has 0 unspecified atom stereocenters. The van der Waals surface area contributed by atoms with Gasteiger partial charge in [-0.15, -0.1) is 5.10 Å². The number of aromatic nitrogens is 3. The van der Waals surface area contributed by atoms with Crippen LogP contribution in [0.5, 0.6) is 0 Å². The molecule has 0 saturated carbocycles. The first-order valence-corrected chi connectivity index (χ1v) is 7.14. The van der Waals surface area contributed by atoms with E-state index in [0.717, 1.165) is 24.2 Å². The minimum Gasteiger partial charge on any atom is -0.344 e. The van der Waals surface area contributed by atoms with Crippen LogP contribution in [0.4, 0.5) is 0 Å². The average Bonchev–Trinajstić information content (AvgIpc) is 2.86. The van der Waals surface area contributed by atoms with Gasteiger partial charge < -0.3 is 10.6 Å². The summed E-state index contributed by atoms with van der Waals surface area (Å²) in [5.41, 5.74) is 2.64. The first-order chi connectivity index (χ1) is 10.1. The Morgan fingerprint density at radius 2 is 2.19 bits per heavy atom. The van der Waals surface area contributed by atoms with Crippen molar-refractivity contribution in [1.29, 1.82) is 0 Å². The molecule has 0 spiro atoms. The molecule has 21 heavy (non-hydrogen) atoms. The van der Waals surface area contributed by atoms with Crippen LogP contribution in [0.2, 0.25) is 0 Å². The van der Waals surface area contributed by atoms with Crippen molar-refractivity contribution in [3.8, 4) is 0 Å². The molecule has 0 radical (unpaired) electrons. The summed E-state index contributed by atoms with van der Waals surface area (Å²) in [6, 6.07) is 8.29. The van der Waals surface area contributed by atoms with Crippen LogP contribution >= 0.6 is 0 Å². The van der Waals surface area contributed by atoms with E-state index in [9.17, 15) is 4.79 Å². The van der Waals surface area contributed by atoms with Gasteiger partial charge in [0, 0.05) is 13.1 Å². The first-order valence-electron chi connectivity index (χ1n) is 7.14. The Morgan fingerprint density at radius 1 is 1.43 bits per heavy atom. The normalized spacial score (nSPS) is 16.3. The highest BCUT2D eigenvalue weighted by Crippen LogP contribution is 2.17. The standard InChI is InChI=1S/C15H19N5O/c1-10-5-3-4-6-13(10)11(2)17-15(21)14-9-20(19-18-14)12-7-16-8-12/h3-6,9,11-12,16H,7-8H2,1-2H3,(H,17,21)/t11-/m0/s1. The van der Waals surface area contributed by atoms with Crippen molar-refractivity contribution in [3.63, 3.8) is 0 Å². The Hall–Kier alpha value is -2.21. The van der Waals surface area contributed by atoms with Crippen LogP contribution in [-0.2, 0) is 0 Å². The van der Waals surface area contributed by atoms with Gasteiger partial charge in [-0.05, 0) is 25.0 Å². The number of carbonyl (C=O) groups excluding carboxylic acids is 1. The summed E-state index contributed by atoms with van der Waals surface area (Å²) in [5, 5.41) is 14.1. The molecule has 110 valence electrons. The van der Waals surface area contributed by atoms with E-state index in [1.807, 2.05) is 38.1 Å². The molecule has 1 aromatic heterocycles. The Morgan fingerprint density at radius 3 is 2.86 bits per heavy atom. The summed E-state index contributed by atoms with van der Waals surface area (Å²) in [5.74, 6) is -0.190. The Kier molecular flexibility index (Phi) is 3.70. The van der Waals surface area contributed by atoms with E-state index >= 15 is 0 Å². The molecule has 0 bridgehead atoms. The number of nitrogens with zero attached hydrogens (tertiary/aromatic N) is 3. The zero-order valence-corrected chi connectivity index (χ0v) is 12.2. The molecule has 2 N–H and O–H groups in total. The van der Waals surface area contributed by atoms with Gasteiger partial charge in [0.25, 0.3) is 5.91 Å². The monoisotopic (exact) mass is 285 g/mol. The predicted molar refractivity (Wildman–Crippen MR) is 79.0 cm³/mol. The van der Waals surface area contributed by atoms with Gasteiger partial charge in [0.05, 0.1) is 18.3 Å². The topological polar surface area (TPSA) is 71.8 Å². The third kappa shape index (κ3) is 2.80. The SMILES string of the molecule is Cc1ccccc1[C@H](C)NC(=O)c1cn(C2CNC2)nn1. The lowest BCUT2D eigenvalue weighted by molar-refractivity contribution is 0.0934. The minimum absolute atomic E-state index is 0.0609. The average molecular weight is 285 g/mol. The number of carbonyl (C=O) groups is 1. The van der Waals surface area contributed by atoms with Crippen molar-refractivity contribution >= 4 is 5.91 Å². The second kappa shape index (κ2) is 5.65. The largest absolute Gasteiger partial charge is 0.344 e. The van der Waals surface area contributed by atoms with Crippen molar-refractivity contribution < 1.29 is 4.79 Å². The van der Waals surface area contributed by atoms with Crippen LogP contribution in [0.25, 0.3) is 0 Å². The Bertz CT molecular complexity index is 647. The molecule has 2 heterocycles. The van der Waals surface area contributed by atoms with Gasteiger partial charge in [0.15, 0.2) is 5.69 Å². The molecular formula is C15H19N5O. The zero-order chi connectivity index (χ0) is 14.8. The van der Waals surface area contributed by atoms with Gasteiger partial charge in [0.1, 0.15) is 0 Å². The van der Waals surface area contributed by atoms with E-state index in [-0.39, 0.29) is 11.9 Å². The highest BCUT2D eigenvalue weighted by atomic mass is 16.2. The molecule has 0 aliphatic carbocycles. The lowest BCUT2D eigenvalue weighted by Gasteiger charge is -2.26. The van der Waals surface area contributed by atoms with E-state index in [0.29, 0.717) is 11.7 Å². The fourth-order valence-corrected chi connectivity index (χ4v) is 2.44. The molecular weight excluding hydrogens is 266 g/mol. The molecule has 6 nitrogen and oxygen atoms in total. The highest BCUT2D eigenvalue weighted by molar-refractivity contribution is 5.92. The summed E-state index contributed by atoms with van der Waals surface area (Å²) in [6.45, 7) is 5.77. The van der Waals surface area contributed by atoms with Crippen LogP contribution in [0.15, 0.2) is 30.5 Å². The van der Waals surface area contributed by atoms with Crippen LogP contribution in [-0.4, -0.2) is 34.0 Å². The van der Waals surface area contributed by atoms with Crippen LogP contribution in [0, 0.1) is 6.92 Å². The fraction of sp³-hybridized carbons (Fsp3) is 0.400. The number of rotatable bonds is 4. The van der Waals surface area contributed by atoms with E-state index in [1.165, 1.54) is 0 Å². The lowest BCUT2D eigenvalue weighted by atomic mass is 10.0. The fourth-order valence-electron chi connectivity index (χ4n) is 2.44. The van der Waals surface area contributed by atoms with Gasteiger partial charge in [-0.1, -0.05) is 29.5 Å². The molecule has 6 heteroatoms. The van der Waals surface area contributed by atoms with E-state index in [4.69, 9.17) is 0 Å². The lowest BCUT2D eigenvalue weighted by Crippen LogP contribution is -2.43. The van der Waals surface area contributed by atoms with Gasteiger partial charge in [-0.25, -0.2) is 4.68 Å². The Labute approximate surface area is 123 Å². The summed E-state index contributed by atoms with van der Waals surface area (Å²) < 4.78 is 1.75. The summed E-state index contributed by atoms with van der Waals surface area (Å²) in [6.07, 6.45) is 1.71. The number of hydrogen-bond acceptors (Lipinski definition) is 4. The molecule has 1 amide bonds. The molecule has 1 aliphatic rings. The number of aryl methyl sites for hydroxylation is 1. The first kappa shape index (κ1) is 13.8. The Balaban J connectivity index is 1.68. The van der Waals surface area contributed by atoms with Crippen LogP contribution in [0.1, 0.15) is 40.6 Å². The number of nitrogens with one attached hydrogen (secondary N) is 2. The van der Waals surface area contributed by atoms with Gasteiger partial charge in [0.2, 0.25) is 0 Å². The maximum absolute atomic E-state index is 12.2. The summed E-state index contributed by atoms with van der Waals surface area (Å²) in [4.78, 5) is 12.2. The van der Waals surface area contributed by atoms with Crippen molar-refractivity contribution in [2.75, 3.05) is 13.1 Å². The van der Waals surface area contributed by atoms with Crippen LogP contribution in [0.3, 0.4) is 0 Å². The van der Waals surface area contributed by atoms with Crippen molar-refractivity contribution in [2.45, 2.75) is 25.9 Å². The molecule has 1 aliphatic heterocycles. The predicted octanol–water partition coefficient (Wildman–Crippen LogP) is 1.22. The van der Waals surface area contributed by atoms with Crippen molar-refractivity contribution in [1.82, 2.24) is 25.6 Å². The van der Waals surface area contributed by atoms with Gasteiger partial charge in [-0.3, -0.25) is 4.79 Å². The highest BCUT2D eigenvalue weighted by Gasteiger charge is 2.22. The van der Waals surface area contributed by atoms with Crippen LogP contribution < -0.4 is 10.6 Å². The quantitative estimate of drug-likeness (QED) is 0.886. The molecule has 1 fully saturated rings. The number of benzene rings is 1. The van der Waals surface area contributed by atoms with Gasteiger partial charge >= 0.3 is 0 Å². The second-order valence-electron chi connectivity index (χ2n) is 5.45.